The van der Waals surface area contributed by atoms with Crippen molar-refractivity contribution in [3.63, 3.8) is 0 Å². The Morgan fingerprint density at radius 3 is 2.55 bits per heavy atom. The lowest BCUT2D eigenvalue weighted by molar-refractivity contribution is -0.137. The van der Waals surface area contributed by atoms with Crippen molar-refractivity contribution < 1.29 is 22.8 Å². The summed E-state index contributed by atoms with van der Waals surface area (Å²) < 4.78 is 38.7. The van der Waals surface area contributed by atoms with E-state index in [0.717, 1.165) is 37.9 Å². The molecule has 0 bridgehead atoms. The molecular weight excluding hydrogens is 431 g/mol. The summed E-state index contributed by atoms with van der Waals surface area (Å²) in [4.78, 5) is 27.5. The van der Waals surface area contributed by atoms with E-state index in [1.165, 1.54) is 12.1 Å². The molecule has 7 nitrogen and oxygen atoms in total. The molecule has 1 aliphatic rings. The Hall–Kier alpha value is -2.14. The van der Waals surface area contributed by atoms with E-state index in [0.29, 0.717) is 31.7 Å². The number of primary amides is 1. The van der Waals surface area contributed by atoms with Gasteiger partial charge in [0.1, 0.15) is 6.04 Å². The number of amides is 3. The lowest BCUT2D eigenvalue weighted by atomic mass is 10.1. The number of rotatable bonds is 10. The van der Waals surface area contributed by atoms with Crippen LogP contribution in [0.3, 0.4) is 0 Å². The van der Waals surface area contributed by atoms with Gasteiger partial charge in [-0.2, -0.15) is 24.9 Å². The summed E-state index contributed by atoms with van der Waals surface area (Å²) in [5, 5.41) is 5.29. The molecule has 1 aromatic rings. The molecule has 0 saturated carbocycles. The lowest BCUT2D eigenvalue weighted by Crippen LogP contribution is -2.49. The molecule has 1 unspecified atom stereocenters. The van der Waals surface area contributed by atoms with Gasteiger partial charge in [0.25, 0.3) is 0 Å². The van der Waals surface area contributed by atoms with Crippen LogP contribution in [0.1, 0.15) is 18.4 Å². The molecule has 1 aromatic carbocycles. The van der Waals surface area contributed by atoms with Crippen molar-refractivity contribution in [1.82, 2.24) is 15.5 Å². The number of urea groups is 1. The fourth-order valence-corrected chi connectivity index (χ4v) is 3.89. The average Bonchev–Trinajstić information content (AvgIpc) is 2.73. The first-order valence-electron chi connectivity index (χ1n) is 10.2. The van der Waals surface area contributed by atoms with E-state index in [-0.39, 0.29) is 5.91 Å². The topological polar surface area (TPSA) is 90.7 Å². The SMILES string of the molecule is CSCCC(NC(N)=O)C(=O)NCCCN1CCN(c2cccc(C(F)(F)F)c2)CC1. The minimum absolute atomic E-state index is 0.248. The summed E-state index contributed by atoms with van der Waals surface area (Å²) in [6.07, 6.45) is -1.18. The minimum Gasteiger partial charge on any atom is -0.369 e. The molecule has 1 fully saturated rings. The number of alkyl halides is 3. The van der Waals surface area contributed by atoms with E-state index in [4.69, 9.17) is 5.73 Å². The van der Waals surface area contributed by atoms with E-state index in [1.54, 1.807) is 17.8 Å². The Kier molecular flexibility index (Phi) is 9.76. The third kappa shape index (κ3) is 8.48. The molecule has 1 heterocycles. The monoisotopic (exact) mass is 461 g/mol. The number of hydrogen-bond donors (Lipinski definition) is 3. The number of thioether (sulfide) groups is 1. The van der Waals surface area contributed by atoms with Gasteiger partial charge in [0, 0.05) is 38.4 Å². The van der Waals surface area contributed by atoms with Crippen molar-refractivity contribution in [3.8, 4) is 0 Å². The first-order valence-corrected chi connectivity index (χ1v) is 11.6. The van der Waals surface area contributed by atoms with Crippen LogP contribution in [0.25, 0.3) is 0 Å². The highest BCUT2D eigenvalue weighted by molar-refractivity contribution is 7.98. The summed E-state index contributed by atoms with van der Waals surface area (Å²) in [5.41, 5.74) is 5.08. The molecule has 2 rings (SSSR count). The van der Waals surface area contributed by atoms with Gasteiger partial charge in [-0.3, -0.25) is 9.69 Å². The first-order chi connectivity index (χ1) is 14.7. The minimum atomic E-state index is -4.34. The van der Waals surface area contributed by atoms with E-state index in [9.17, 15) is 22.8 Å². The van der Waals surface area contributed by atoms with Crippen molar-refractivity contribution >= 4 is 29.4 Å². The van der Waals surface area contributed by atoms with E-state index < -0.39 is 23.8 Å². The van der Waals surface area contributed by atoms with Gasteiger partial charge in [0.05, 0.1) is 5.56 Å². The molecule has 1 saturated heterocycles. The average molecular weight is 462 g/mol. The van der Waals surface area contributed by atoms with Gasteiger partial charge in [-0.25, -0.2) is 4.79 Å². The molecule has 174 valence electrons. The normalized spacial score (nSPS) is 16.1. The number of nitrogens with zero attached hydrogens (tertiary/aromatic N) is 2. The third-order valence-corrected chi connectivity index (χ3v) is 5.75. The molecule has 4 N–H and O–H groups in total. The van der Waals surface area contributed by atoms with Crippen molar-refractivity contribution in [2.75, 3.05) is 56.2 Å². The summed E-state index contributed by atoms with van der Waals surface area (Å²) in [5.74, 6) is 0.483. The second-order valence-electron chi connectivity index (χ2n) is 7.36. The first kappa shape index (κ1) is 25.1. The molecular formula is C20H30F3N5O2S. The van der Waals surface area contributed by atoms with Gasteiger partial charge in [0.2, 0.25) is 5.91 Å². The van der Waals surface area contributed by atoms with Gasteiger partial charge in [0.15, 0.2) is 0 Å². The maximum absolute atomic E-state index is 12.9. The fraction of sp³-hybridized carbons (Fsp3) is 0.600. The van der Waals surface area contributed by atoms with Crippen LogP contribution in [-0.2, 0) is 11.0 Å². The molecule has 0 aromatic heterocycles. The Labute approximate surface area is 184 Å². The van der Waals surface area contributed by atoms with Crippen LogP contribution in [0.2, 0.25) is 0 Å². The van der Waals surface area contributed by atoms with Crippen LogP contribution in [0.4, 0.5) is 23.7 Å². The summed E-state index contributed by atoms with van der Waals surface area (Å²) in [7, 11) is 0. The maximum atomic E-state index is 12.9. The molecule has 11 heteroatoms. The number of carbonyl (C=O) groups excluding carboxylic acids is 2. The zero-order valence-electron chi connectivity index (χ0n) is 17.6. The standard InChI is InChI=1S/C20H30F3N5O2S/c1-31-13-6-17(26-19(24)30)18(29)25-7-3-8-27-9-11-28(12-10-27)16-5-2-4-15(14-16)20(21,22)23/h2,4-5,14,17H,3,6-13H2,1H3,(H,25,29)(H3,24,26,30). The van der Waals surface area contributed by atoms with Crippen LogP contribution in [0, 0.1) is 0 Å². The summed E-state index contributed by atoms with van der Waals surface area (Å²) in [6.45, 7) is 4.02. The number of nitrogens with two attached hydrogens (primary N) is 1. The molecule has 0 aliphatic carbocycles. The highest BCUT2D eigenvalue weighted by atomic mass is 32.2. The number of hydrogen-bond acceptors (Lipinski definition) is 5. The Morgan fingerprint density at radius 1 is 1.23 bits per heavy atom. The second kappa shape index (κ2) is 12.0. The van der Waals surface area contributed by atoms with Crippen LogP contribution in [0.15, 0.2) is 24.3 Å². The van der Waals surface area contributed by atoms with Gasteiger partial charge < -0.3 is 21.3 Å². The van der Waals surface area contributed by atoms with Crippen LogP contribution >= 0.6 is 11.8 Å². The van der Waals surface area contributed by atoms with E-state index >= 15 is 0 Å². The lowest BCUT2D eigenvalue weighted by Gasteiger charge is -2.36. The largest absolute Gasteiger partial charge is 0.416 e. The third-order valence-electron chi connectivity index (χ3n) is 5.10. The van der Waals surface area contributed by atoms with Crippen molar-refractivity contribution in [3.05, 3.63) is 29.8 Å². The molecule has 1 atom stereocenters. The van der Waals surface area contributed by atoms with Crippen molar-refractivity contribution in [2.24, 2.45) is 5.73 Å². The number of nitrogens with one attached hydrogen (secondary N) is 2. The van der Waals surface area contributed by atoms with Crippen molar-refractivity contribution in [2.45, 2.75) is 25.1 Å². The smallest absolute Gasteiger partial charge is 0.369 e. The number of piperazine rings is 1. The molecule has 31 heavy (non-hydrogen) atoms. The predicted octanol–water partition coefficient (Wildman–Crippen LogP) is 2.12. The van der Waals surface area contributed by atoms with E-state index in [2.05, 4.69) is 15.5 Å². The number of benzene rings is 1. The van der Waals surface area contributed by atoms with Crippen LogP contribution < -0.4 is 21.3 Å². The quantitative estimate of drug-likeness (QED) is 0.465. The highest BCUT2D eigenvalue weighted by Crippen LogP contribution is 2.31. The van der Waals surface area contributed by atoms with Gasteiger partial charge >= 0.3 is 12.2 Å². The van der Waals surface area contributed by atoms with Crippen LogP contribution in [0.5, 0.6) is 0 Å². The Balaban J connectivity index is 1.71. The zero-order valence-corrected chi connectivity index (χ0v) is 18.4. The molecule has 0 spiro atoms. The highest BCUT2D eigenvalue weighted by Gasteiger charge is 2.31. The Morgan fingerprint density at radius 2 is 1.94 bits per heavy atom. The number of anilines is 1. The zero-order chi connectivity index (χ0) is 22.9. The molecule has 0 radical (unpaired) electrons. The second-order valence-corrected chi connectivity index (χ2v) is 8.35. The molecule has 1 aliphatic heterocycles. The van der Waals surface area contributed by atoms with Gasteiger partial charge in [-0.05, 0) is 49.6 Å². The predicted molar refractivity (Wildman–Crippen MR) is 117 cm³/mol. The summed E-state index contributed by atoms with van der Waals surface area (Å²) >= 11 is 1.58. The van der Waals surface area contributed by atoms with Gasteiger partial charge in [-0.15, -0.1) is 0 Å². The fourth-order valence-electron chi connectivity index (χ4n) is 3.42. The molecule has 3 amide bonds. The number of halogens is 3. The van der Waals surface area contributed by atoms with E-state index in [1.807, 2.05) is 11.2 Å². The van der Waals surface area contributed by atoms with Gasteiger partial charge in [-0.1, -0.05) is 6.07 Å². The summed E-state index contributed by atoms with van der Waals surface area (Å²) in [6, 6.07) is 4.05. The maximum Gasteiger partial charge on any atom is 0.416 e. The van der Waals surface area contributed by atoms with Crippen LogP contribution in [-0.4, -0.2) is 74.2 Å². The Bertz CT molecular complexity index is 727. The number of carbonyl (C=O) groups is 2. The van der Waals surface area contributed by atoms with Crippen molar-refractivity contribution in [1.29, 1.82) is 0 Å².